The first kappa shape index (κ1) is 19.7. The number of ether oxygens (including phenoxy) is 1. The first-order valence-corrected chi connectivity index (χ1v) is 11.6. The molecule has 0 saturated carbocycles. The third kappa shape index (κ3) is 4.86. The maximum absolute atomic E-state index is 11.7. The normalized spacial score (nSPS) is 16.0. The van der Waals surface area contributed by atoms with Gasteiger partial charge in [0.25, 0.3) is 0 Å². The van der Waals surface area contributed by atoms with E-state index in [0.717, 1.165) is 47.5 Å². The number of aromatic nitrogens is 1. The van der Waals surface area contributed by atoms with Crippen LogP contribution in [0.4, 0.5) is 5.69 Å². The summed E-state index contributed by atoms with van der Waals surface area (Å²) in [4.78, 5) is 4.45. The van der Waals surface area contributed by atoms with Crippen molar-refractivity contribution in [2.45, 2.75) is 12.8 Å². The highest BCUT2D eigenvalue weighted by Crippen LogP contribution is 2.29. The number of sulfonamides is 1. The lowest BCUT2D eigenvalue weighted by Gasteiger charge is -2.30. The molecule has 0 atom stereocenters. The van der Waals surface area contributed by atoms with Crippen LogP contribution in [0.3, 0.4) is 0 Å². The molecule has 2 aromatic carbocycles. The molecular formula is C22H25N3O3S. The summed E-state index contributed by atoms with van der Waals surface area (Å²) in [5, 5.41) is 4.55. The molecule has 1 N–H and O–H groups in total. The summed E-state index contributed by atoms with van der Waals surface area (Å²) in [6.45, 7) is 2.00. The Morgan fingerprint density at radius 2 is 1.83 bits per heavy atom. The highest BCUT2D eigenvalue weighted by molar-refractivity contribution is 7.88. The minimum absolute atomic E-state index is 0.444. The quantitative estimate of drug-likeness (QED) is 0.661. The molecule has 1 saturated heterocycles. The number of pyridine rings is 1. The smallest absolute Gasteiger partial charge is 0.211 e. The molecule has 1 aliphatic rings. The fourth-order valence-corrected chi connectivity index (χ4v) is 4.54. The number of benzene rings is 2. The van der Waals surface area contributed by atoms with Crippen molar-refractivity contribution in [2.24, 2.45) is 5.92 Å². The first-order valence-electron chi connectivity index (χ1n) is 9.80. The Kier molecular flexibility index (Phi) is 5.69. The van der Waals surface area contributed by atoms with Crippen LogP contribution in [0.2, 0.25) is 0 Å². The average molecular weight is 412 g/mol. The summed E-state index contributed by atoms with van der Waals surface area (Å²) in [7, 11) is -3.09. The van der Waals surface area contributed by atoms with Gasteiger partial charge in [0.1, 0.15) is 11.5 Å². The third-order valence-electron chi connectivity index (χ3n) is 5.32. The molecule has 4 rings (SSSR count). The SMILES string of the molecule is CS(=O)(=O)N1CCC(CNc2ccnc3ccc(Oc4ccccc4)cc23)CC1. The van der Waals surface area contributed by atoms with Gasteiger partial charge >= 0.3 is 0 Å². The number of fused-ring (bicyclic) bond motifs is 1. The standard InChI is InChI=1S/C22H25N3O3S/c1-29(26,27)25-13-10-17(11-14-25)16-24-22-9-12-23-21-8-7-19(15-20(21)22)28-18-5-3-2-4-6-18/h2-9,12,15,17H,10-11,13-14,16H2,1H3,(H,23,24). The molecule has 3 aromatic rings. The predicted molar refractivity (Wildman–Crippen MR) is 116 cm³/mol. The van der Waals surface area contributed by atoms with Gasteiger partial charge in [0.05, 0.1) is 11.8 Å². The molecule has 0 spiro atoms. The van der Waals surface area contributed by atoms with Gasteiger partial charge in [0.15, 0.2) is 0 Å². The van der Waals surface area contributed by atoms with Gasteiger partial charge < -0.3 is 10.1 Å². The van der Waals surface area contributed by atoms with Gasteiger partial charge in [-0.1, -0.05) is 18.2 Å². The number of piperidine rings is 1. The number of para-hydroxylation sites is 1. The van der Waals surface area contributed by atoms with E-state index < -0.39 is 10.0 Å². The van der Waals surface area contributed by atoms with Crippen molar-refractivity contribution in [2.75, 3.05) is 31.2 Å². The molecule has 1 aromatic heterocycles. The van der Waals surface area contributed by atoms with E-state index in [9.17, 15) is 8.42 Å². The fraction of sp³-hybridized carbons (Fsp3) is 0.318. The number of nitrogens with zero attached hydrogens (tertiary/aromatic N) is 2. The largest absolute Gasteiger partial charge is 0.457 e. The zero-order valence-electron chi connectivity index (χ0n) is 16.4. The number of rotatable bonds is 6. The van der Waals surface area contributed by atoms with E-state index in [1.807, 2.05) is 54.6 Å². The number of hydrogen-bond acceptors (Lipinski definition) is 5. The molecule has 0 bridgehead atoms. The lowest BCUT2D eigenvalue weighted by Crippen LogP contribution is -2.39. The molecule has 0 amide bonds. The minimum Gasteiger partial charge on any atom is -0.457 e. The Hall–Kier alpha value is -2.64. The molecule has 7 heteroatoms. The van der Waals surface area contributed by atoms with E-state index in [0.29, 0.717) is 19.0 Å². The first-order chi connectivity index (χ1) is 14.0. The molecule has 1 fully saturated rings. The van der Waals surface area contributed by atoms with Crippen LogP contribution >= 0.6 is 0 Å². The van der Waals surface area contributed by atoms with Crippen molar-refractivity contribution in [1.82, 2.24) is 9.29 Å². The zero-order chi connectivity index (χ0) is 20.3. The lowest BCUT2D eigenvalue weighted by molar-refractivity contribution is 0.283. The van der Waals surface area contributed by atoms with Gasteiger partial charge in [-0.15, -0.1) is 0 Å². The third-order valence-corrected chi connectivity index (χ3v) is 6.62. The second-order valence-corrected chi connectivity index (χ2v) is 9.42. The fourth-order valence-electron chi connectivity index (χ4n) is 3.67. The number of anilines is 1. The van der Waals surface area contributed by atoms with Crippen molar-refractivity contribution >= 4 is 26.6 Å². The Morgan fingerprint density at radius 1 is 1.07 bits per heavy atom. The van der Waals surface area contributed by atoms with E-state index in [2.05, 4.69) is 10.3 Å². The topological polar surface area (TPSA) is 71.5 Å². The minimum atomic E-state index is -3.09. The molecular weight excluding hydrogens is 386 g/mol. The Bertz CT molecular complexity index is 1080. The van der Waals surface area contributed by atoms with E-state index in [4.69, 9.17) is 4.74 Å². The monoisotopic (exact) mass is 411 g/mol. The molecule has 152 valence electrons. The average Bonchev–Trinajstić information content (AvgIpc) is 2.73. The highest BCUT2D eigenvalue weighted by atomic mass is 32.2. The summed E-state index contributed by atoms with van der Waals surface area (Å²) < 4.78 is 30.9. The molecule has 6 nitrogen and oxygen atoms in total. The van der Waals surface area contributed by atoms with Crippen LogP contribution in [0, 0.1) is 5.92 Å². The van der Waals surface area contributed by atoms with Crippen LogP contribution in [0.5, 0.6) is 11.5 Å². The van der Waals surface area contributed by atoms with Crippen LogP contribution in [0.1, 0.15) is 12.8 Å². The zero-order valence-corrected chi connectivity index (χ0v) is 17.2. The molecule has 29 heavy (non-hydrogen) atoms. The molecule has 1 aliphatic heterocycles. The van der Waals surface area contributed by atoms with Crippen molar-refractivity contribution in [1.29, 1.82) is 0 Å². The summed E-state index contributed by atoms with van der Waals surface area (Å²) in [5.41, 5.74) is 1.92. The molecule has 0 aliphatic carbocycles. The molecule has 0 unspecified atom stereocenters. The number of hydrogen-bond donors (Lipinski definition) is 1. The maximum Gasteiger partial charge on any atom is 0.211 e. The van der Waals surface area contributed by atoms with Crippen LogP contribution in [0.25, 0.3) is 10.9 Å². The van der Waals surface area contributed by atoms with Gasteiger partial charge in [0.2, 0.25) is 10.0 Å². The second-order valence-electron chi connectivity index (χ2n) is 7.44. The second kappa shape index (κ2) is 8.39. The Balaban J connectivity index is 1.45. The van der Waals surface area contributed by atoms with Crippen molar-refractivity contribution in [3.05, 3.63) is 60.8 Å². The van der Waals surface area contributed by atoms with Crippen molar-refractivity contribution < 1.29 is 13.2 Å². The predicted octanol–water partition coefficient (Wildman–Crippen LogP) is 4.11. The summed E-state index contributed by atoms with van der Waals surface area (Å²) >= 11 is 0. The Morgan fingerprint density at radius 3 is 2.55 bits per heavy atom. The van der Waals surface area contributed by atoms with Gasteiger partial charge in [-0.05, 0) is 55.2 Å². The van der Waals surface area contributed by atoms with Gasteiger partial charge in [0, 0.05) is 36.9 Å². The summed E-state index contributed by atoms with van der Waals surface area (Å²) in [6.07, 6.45) is 4.81. The van der Waals surface area contributed by atoms with Crippen molar-refractivity contribution in [3.63, 3.8) is 0 Å². The maximum atomic E-state index is 11.7. The van der Waals surface area contributed by atoms with Crippen molar-refractivity contribution in [3.8, 4) is 11.5 Å². The lowest BCUT2D eigenvalue weighted by atomic mass is 9.98. The summed E-state index contributed by atoms with van der Waals surface area (Å²) in [5.74, 6) is 2.00. The van der Waals surface area contributed by atoms with Crippen LogP contribution in [-0.2, 0) is 10.0 Å². The van der Waals surface area contributed by atoms with E-state index in [1.165, 1.54) is 6.26 Å². The van der Waals surface area contributed by atoms with Crippen LogP contribution in [-0.4, -0.2) is 43.6 Å². The number of nitrogens with one attached hydrogen (secondary N) is 1. The van der Waals surface area contributed by atoms with Gasteiger partial charge in [-0.3, -0.25) is 4.98 Å². The molecule has 2 heterocycles. The van der Waals surface area contributed by atoms with E-state index in [1.54, 1.807) is 10.5 Å². The Labute approximate surface area is 171 Å². The van der Waals surface area contributed by atoms with E-state index >= 15 is 0 Å². The summed E-state index contributed by atoms with van der Waals surface area (Å²) in [6, 6.07) is 17.6. The van der Waals surface area contributed by atoms with Gasteiger partial charge in [-0.25, -0.2) is 12.7 Å². The van der Waals surface area contributed by atoms with Crippen LogP contribution < -0.4 is 10.1 Å². The highest BCUT2D eigenvalue weighted by Gasteiger charge is 2.24. The molecule has 0 radical (unpaired) electrons. The van der Waals surface area contributed by atoms with Crippen LogP contribution in [0.15, 0.2) is 60.8 Å². The van der Waals surface area contributed by atoms with Gasteiger partial charge in [-0.2, -0.15) is 0 Å². The van der Waals surface area contributed by atoms with E-state index in [-0.39, 0.29) is 0 Å².